The third-order valence-electron chi connectivity index (χ3n) is 4.93. The van der Waals surface area contributed by atoms with Gasteiger partial charge in [0.05, 0.1) is 12.1 Å². The van der Waals surface area contributed by atoms with Crippen molar-refractivity contribution >= 4 is 16.8 Å². The number of fused-ring (bicyclic) bond motifs is 1. The number of nitrogens with one attached hydrogen (secondary N) is 1. The highest BCUT2D eigenvalue weighted by Gasteiger charge is 2.15. The Morgan fingerprint density at radius 3 is 2.59 bits per heavy atom. The molecule has 0 bridgehead atoms. The van der Waals surface area contributed by atoms with Crippen molar-refractivity contribution < 1.29 is 4.79 Å². The van der Waals surface area contributed by atoms with E-state index in [-0.39, 0.29) is 11.5 Å². The van der Waals surface area contributed by atoms with Gasteiger partial charge in [-0.25, -0.2) is 0 Å². The lowest BCUT2D eigenvalue weighted by molar-refractivity contribution is -0.131. The molecular weight excluding hydrogens is 336 g/mol. The fourth-order valence-electron chi connectivity index (χ4n) is 3.40. The Morgan fingerprint density at radius 2 is 1.85 bits per heavy atom. The van der Waals surface area contributed by atoms with Gasteiger partial charge in [0.25, 0.3) is 5.56 Å². The number of hydrogen-bond acceptors (Lipinski definition) is 2. The van der Waals surface area contributed by atoms with Crippen LogP contribution >= 0.6 is 0 Å². The van der Waals surface area contributed by atoms with Crippen LogP contribution in [0.1, 0.15) is 35.6 Å². The summed E-state index contributed by atoms with van der Waals surface area (Å²) >= 11 is 0. The van der Waals surface area contributed by atoms with Crippen molar-refractivity contribution in [3.05, 3.63) is 81.1 Å². The van der Waals surface area contributed by atoms with Crippen molar-refractivity contribution in [3.63, 3.8) is 0 Å². The first kappa shape index (κ1) is 18.9. The zero-order valence-corrected chi connectivity index (χ0v) is 16.2. The molecule has 0 unspecified atom stereocenters. The molecule has 1 N–H and O–H groups in total. The number of para-hydroxylation sites is 1. The molecule has 0 saturated heterocycles. The molecule has 0 radical (unpaired) electrons. The Hall–Kier alpha value is -2.88. The Balaban J connectivity index is 1.84. The molecule has 1 amide bonds. The molecule has 1 aromatic heterocycles. The third kappa shape index (κ3) is 4.45. The van der Waals surface area contributed by atoms with Crippen LogP contribution in [-0.4, -0.2) is 22.3 Å². The summed E-state index contributed by atoms with van der Waals surface area (Å²) in [4.78, 5) is 29.8. The second kappa shape index (κ2) is 8.21. The van der Waals surface area contributed by atoms with Crippen LogP contribution in [0.5, 0.6) is 0 Å². The maximum atomic E-state index is 12.6. The van der Waals surface area contributed by atoms with E-state index in [0.717, 1.165) is 22.9 Å². The van der Waals surface area contributed by atoms with Crippen LogP contribution in [-0.2, 0) is 17.8 Å². The Labute approximate surface area is 159 Å². The predicted molar refractivity (Wildman–Crippen MR) is 110 cm³/mol. The maximum Gasteiger partial charge on any atom is 0.253 e. The molecule has 1 heterocycles. The Morgan fingerprint density at radius 1 is 1.07 bits per heavy atom. The van der Waals surface area contributed by atoms with Crippen molar-refractivity contribution in [2.75, 3.05) is 6.54 Å². The fourth-order valence-corrected chi connectivity index (χ4v) is 3.40. The van der Waals surface area contributed by atoms with Crippen molar-refractivity contribution in [3.8, 4) is 0 Å². The molecule has 3 aromatic rings. The van der Waals surface area contributed by atoms with Gasteiger partial charge in [-0.05, 0) is 42.8 Å². The van der Waals surface area contributed by atoms with E-state index in [0.29, 0.717) is 25.1 Å². The average molecular weight is 362 g/mol. The topological polar surface area (TPSA) is 53.2 Å². The summed E-state index contributed by atoms with van der Waals surface area (Å²) in [6.45, 7) is 6.83. The quantitative estimate of drug-likeness (QED) is 0.717. The first-order valence-electron chi connectivity index (χ1n) is 9.42. The summed E-state index contributed by atoms with van der Waals surface area (Å²) in [5, 5.41) is 0.993. The normalized spacial score (nSPS) is 10.9. The minimum Gasteiger partial charge on any atom is -0.338 e. The minimum atomic E-state index is -0.124. The second-order valence-corrected chi connectivity index (χ2v) is 7.07. The lowest BCUT2D eigenvalue weighted by Gasteiger charge is -2.22. The molecular formula is C23H26N2O2. The van der Waals surface area contributed by atoms with Crippen LogP contribution in [0.2, 0.25) is 0 Å². The van der Waals surface area contributed by atoms with Gasteiger partial charge in [-0.2, -0.15) is 0 Å². The van der Waals surface area contributed by atoms with E-state index in [4.69, 9.17) is 0 Å². The molecule has 4 nitrogen and oxygen atoms in total. The van der Waals surface area contributed by atoms with Crippen molar-refractivity contribution in [1.82, 2.24) is 9.88 Å². The molecule has 140 valence electrons. The summed E-state index contributed by atoms with van der Waals surface area (Å²) in [7, 11) is 0. The molecule has 0 fully saturated rings. The summed E-state index contributed by atoms with van der Waals surface area (Å²) in [5.41, 5.74) is 4.81. The van der Waals surface area contributed by atoms with E-state index in [1.165, 1.54) is 11.1 Å². The number of aryl methyl sites for hydroxylation is 2. The summed E-state index contributed by atoms with van der Waals surface area (Å²) in [6, 6.07) is 16.2. The van der Waals surface area contributed by atoms with E-state index in [1.54, 1.807) is 4.90 Å². The van der Waals surface area contributed by atoms with Gasteiger partial charge in [-0.3, -0.25) is 9.59 Å². The number of carbonyl (C=O) groups excluding carboxylic acids is 1. The van der Waals surface area contributed by atoms with Gasteiger partial charge in [-0.15, -0.1) is 0 Å². The predicted octanol–water partition coefficient (Wildman–Crippen LogP) is 4.13. The van der Waals surface area contributed by atoms with Gasteiger partial charge in [0.15, 0.2) is 0 Å². The van der Waals surface area contributed by atoms with Gasteiger partial charge in [0.1, 0.15) is 0 Å². The number of H-pyrrole nitrogens is 1. The third-order valence-corrected chi connectivity index (χ3v) is 4.93. The first-order valence-corrected chi connectivity index (χ1v) is 9.42. The van der Waals surface area contributed by atoms with Gasteiger partial charge in [0.2, 0.25) is 5.91 Å². The number of aromatic amines is 1. The number of carbonyl (C=O) groups is 1. The van der Waals surface area contributed by atoms with E-state index in [2.05, 4.69) is 30.1 Å². The molecule has 0 aliphatic heterocycles. The van der Waals surface area contributed by atoms with Crippen LogP contribution in [0.25, 0.3) is 10.9 Å². The lowest BCUT2D eigenvalue weighted by atomic mass is 10.1. The fraction of sp³-hybridized carbons (Fsp3) is 0.304. The number of pyridine rings is 1. The van der Waals surface area contributed by atoms with Crippen LogP contribution in [0, 0.1) is 13.8 Å². The molecule has 3 rings (SSSR count). The summed E-state index contributed by atoms with van der Waals surface area (Å²) in [6.07, 6.45) is 1.20. The SMILES string of the molecule is CCC(=O)N(CCc1cccc(C)c1)Cc1cc2cccc(C)c2[nH]c1=O. The number of aromatic nitrogens is 1. The highest BCUT2D eigenvalue weighted by Crippen LogP contribution is 2.16. The molecule has 2 aromatic carbocycles. The van der Waals surface area contributed by atoms with E-state index in [1.807, 2.05) is 44.2 Å². The van der Waals surface area contributed by atoms with Crippen LogP contribution in [0.15, 0.2) is 53.3 Å². The van der Waals surface area contributed by atoms with Crippen LogP contribution in [0.3, 0.4) is 0 Å². The van der Waals surface area contributed by atoms with Crippen molar-refractivity contribution in [2.24, 2.45) is 0 Å². The van der Waals surface area contributed by atoms with E-state index >= 15 is 0 Å². The zero-order chi connectivity index (χ0) is 19.4. The highest BCUT2D eigenvalue weighted by molar-refractivity contribution is 5.82. The number of benzene rings is 2. The maximum absolute atomic E-state index is 12.6. The zero-order valence-electron chi connectivity index (χ0n) is 16.2. The Kier molecular flexibility index (Phi) is 5.75. The molecule has 0 spiro atoms. The number of amides is 1. The highest BCUT2D eigenvalue weighted by atomic mass is 16.2. The van der Waals surface area contributed by atoms with Gasteiger partial charge in [-0.1, -0.05) is 55.0 Å². The number of nitrogens with zero attached hydrogens (tertiary/aromatic N) is 1. The summed E-state index contributed by atoms with van der Waals surface area (Å²) < 4.78 is 0. The van der Waals surface area contributed by atoms with E-state index < -0.39 is 0 Å². The van der Waals surface area contributed by atoms with Gasteiger partial charge in [0, 0.05) is 18.5 Å². The number of rotatable bonds is 6. The Bertz CT molecular complexity index is 1020. The molecule has 0 atom stereocenters. The molecule has 27 heavy (non-hydrogen) atoms. The molecule has 4 heteroatoms. The van der Waals surface area contributed by atoms with Gasteiger partial charge < -0.3 is 9.88 Å². The summed E-state index contributed by atoms with van der Waals surface area (Å²) in [5.74, 6) is 0.0615. The van der Waals surface area contributed by atoms with Crippen molar-refractivity contribution in [2.45, 2.75) is 40.2 Å². The lowest BCUT2D eigenvalue weighted by Crippen LogP contribution is -2.34. The van der Waals surface area contributed by atoms with Crippen LogP contribution < -0.4 is 5.56 Å². The van der Waals surface area contributed by atoms with E-state index in [9.17, 15) is 9.59 Å². The first-order chi connectivity index (χ1) is 13.0. The molecule has 0 saturated carbocycles. The molecule has 0 aliphatic carbocycles. The van der Waals surface area contributed by atoms with Crippen LogP contribution in [0.4, 0.5) is 0 Å². The smallest absolute Gasteiger partial charge is 0.253 e. The second-order valence-electron chi connectivity index (χ2n) is 7.07. The minimum absolute atomic E-state index is 0.0615. The monoisotopic (exact) mass is 362 g/mol. The largest absolute Gasteiger partial charge is 0.338 e. The van der Waals surface area contributed by atoms with Gasteiger partial charge >= 0.3 is 0 Å². The average Bonchev–Trinajstić information content (AvgIpc) is 2.65. The molecule has 0 aliphatic rings. The number of hydrogen-bond donors (Lipinski definition) is 1. The van der Waals surface area contributed by atoms with Crippen molar-refractivity contribution in [1.29, 1.82) is 0 Å². The standard InChI is InChI=1S/C23H26N2O2/c1-4-21(26)25(12-11-18-9-5-7-16(2)13-18)15-20-14-19-10-6-8-17(3)22(19)24-23(20)27/h5-10,13-14H,4,11-12,15H2,1-3H3,(H,24,27).